The van der Waals surface area contributed by atoms with Crippen LogP contribution in [0.5, 0.6) is 0 Å². The highest BCUT2D eigenvalue weighted by Gasteiger charge is 2.31. The summed E-state index contributed by atoms with van der Waals surface area (Å²) in [7, 11) is 0. The largest absolute Gasteiger partial charge is 0.439 e. The minimum Gasteiger partial charge on any atom is -0.439 e. The molecule has 0 radical (unpaired) electrons. The average Bonchev–Trinajstić information content (AvgIpc) is 3.23. The zero-order valence-corrected chi connectivity index (χ0v) is 18.6. The van der Waals surface area contributed by atoms with Crippen molar-refractivity contribution in [3.8, 4) is 11.3 Å². The standard InChI is InChI=1S/C21H28N4O3.2ClH/c22-20(17-6-12-27-13-7-17)21(26)25-10-8-24(9-11-25)15-19-23-14-18(28-19)16-4-2-1-3-5-16;;/h1-5,14,17,20H,6-13,15,22H2;2*1H. The first-order valence-corrected chi connectivity index (χ1v) is 10.1. The predicted molar refractivity (Wildman–Crippen MR) is 120 cm³/mol. The fraction of sp³-hybridized carbons (Fsp3) is 0.524. The number of piperazine rings is 1. The number of carbonyl (C=O) groups is 1. The number of benzene rings is 1. The van der Waals surface area contributed by atoms with Crippen molar-refractivity contribution < 1.29 is 13.9 Å². The fourth-order valence-electron chi connectivity index (χ4n) is 3.92. The molecule has 1 unspecified atom stereocenters. The van der Waals surface area contributed by atoms with Crippen LogP contribution in [0.25, 0.3) is 11.3 Å². The van der Waals surface area contributed by atoms with Crippen LogP contribution in [0, 0.1) is 5.92 Å². The Hall–Kier alpha value is -1.64. The van der Waals surface area contributed by atoms with Crippen LogP contribution in [0.2, 0.25) is 0 Å². The van der Waals surface area contributed by atoms with E-state index in [1.54, 1.807) is 6.20 Å². The number of ether oxygens (including phenoxy) is 1. The molecule has 0 spiro atoms. The number of aromatic nitrogens is 1. The first kappa shape index (κ1) is 24.6. The van der Waals surface area contributed by atoms with Crippen LogP contribution in [-0.4, -0.2) is 66.1 Å². The Balaban J connectivity index is 0.00000160. The lowest BCUT2D eigenvalue weighted by Gasteiger charge is -2.37. The summed E-state index contributed by atoms with van der Waals surface area (Å²) in [6.07, 6.45) is 3.53. The molecule has 1 aromatic heterocycles. The van der Waals surface area contributed by atoms with E-state index in [2.05, 4.69) is 9.88 Å². The second-order valence-electron chi connectivity index (χ2n) is 7.56. The van der Waals surface area contributed by atoms with Gasteiger partial charge in [-0.25, -0.2) is 4.98 Å². The Morgan fingerprint density at radius 3 is 2.43 bits per heavy atom. The SMILES string of the molecule is Cl.Cl.NC(C(=O)N1CCN(Cc2ncc(-c3ccccc3)o2)CC1)C1CCOCC1. The summed E-state index contributed by atoms with van der Waals surface area (Å²) < 4.78 is 11.3. The Morgan fingerprint density at radius 1 is 1.10 bits per heavy atom. The van der Waals surface area contributed by atoms with E-state index >= 15 is 0 Å². The molecular weight excluding hydrogens is 427 g/mol. The monoisotopic (exact) mass is 456 g/mol. The molecule has 4 rings (SSSR count). The number of nitrogens with zero attached hydrogens (tertiary/aromatic N) is 3. The van der Waals surface area contributed by atoms with Crippen molar-refractivity contribution in [2.24, 2.45) is 11.7 Å². The van der Waals surface area contributed by atoms with Gasteiger partial charge in [0.1, 0.15) is 0 Å². The molecule has 2 saturated heterocycles. The van der Waals surface area contributed by atoms with Crippen molar-refractivity contribution in [2.45, 2.75) is 25.4 Å². The van der Waals surface area contributed by atoms with Gasteiger partial charge in [0.05, 0.1) is 18.8 Å². The molecule has 1 amide bonds. The summed E-state index contributed by atoms with van der Waals surface area (Å²) in [5.74, 6) is 1.81. The Morgan fingerprint density at radius 2 is 1.77 bits per heavy atom. The summed E-state index contributed by atoms with van der Waals surface area (Å²) in [6, 6.07) is 9.57. The maximum atomic E-state index is 12.7. The second kappa shape index (κ2) is 11.7. The van der Waals surface area contributed by atoms with Gasteiger partial charge >= 0.3 is 0 Å². The molecule has 30 heavy (non-hydrogen) atoms. The summed E-state index contributed by atoms with van der Waals surface area (Å²) in [5, 5.41) is 0. The molecule has 0 saturated carbocycles. The number of nitrogens with two attached hydrogens (primary N) is 1. The molecule has 0 bridgehead atoms. The fourth-order valence-corrected chi connectivity index (χ4v) is 3.92. The van der Waals surface area contributed by atoms with E-state index < -0.39 is 6.04 Å². The summed E-state index contributed by atoms with van der Waals surface area (Å²) >= 11 is 0. The van der Waals surface area contributed by atoms with Gasteiger partial charge in [-0.2, -0.15) is 0 Å². The van der Waals surface area contributed by atoms with Gasteiger partial charge in [0.2, 0.25) is 11.8 Å². The van der Waals surface area contributed by atoms with Crippen molar-refractivity contribution in [2.75, 3.05) is 39.4 Å². The van der Waals surface area contributed by atoms with Gasteiger partial charge < -0.3 is 19.8 Å². The van der Waals surface area contributed by atoms with E-state index in [1.807, 2.05) is 35.2 Å². The van der Waals surface area contributed by atoms with Gasteiger partial charge in [-0.05, 0) is 18.8 Å². The number of hydrogen-bond donors (Lipinski definition) is 1. The van der Waals surface area contributed by atoms with Crippen LogP contribution < -0.4 is 5.73 Å². The second-order valence-corrected chi connectivity index (χ2v) is 7.56. The molecule has 0 aliphatic carbocycles. The van der Waals surface area contributed by atoms with Crippen LogP contribution in [0.3, 0.4) is 0 Å². The van der Waals surface area contributed by atoms with Crippen LogP contribution in [-0.2, 0) is 16.1 Å². The molecular formula is C21H30Cl2N4O3. The van der Waals surface area contributed by atoms with Crippen LogP contribution in [0.15, 0.2) is 40.9 Å². The summed E-state index contributed by atoms with van der Waals surface area (Å²) in [6.45, 7) is 5.07. The lowest BCUT2D eigenvalue weighted by Crippen LogP contribution is -2.55. The summed E-state index contributed by atoms with van der Waals surface area (Å²) in [5.41, 5.74) is 7.28. The van der Waals surface area contributed by atoms with Gasteiger partial charge in [0, 0.05) is 45.0 Å². The molecule has 2 aliphatic rings. The minimum atomic E-state index is -0.407. The first-order valence-electron chi connectivity index (χ1n) is 10.1. The maximum absolute atomic E-state index is 12.7. The molecule has 1 aromatic carbocycles. The van der Waals surface area contributed by atoms with E-state index in [4.69, 9.17) is 14.9 Å². The lowest BCUT2D eigenvalue weighted by atomic mass is 9.91. The molecule has 2 aliphatic heterocycles. The number of amides is 1. The van der Waals surface area contributed by atoms with Crippen LogP contribution in [0.4, 0.5) is 0 Å². The highest BCUT2D eigenvalue weighted by Crippen LogP contribution is 2.22. The third-order valence-corrected chi connectivity index (χ3v) is 5.71. The molecule has 2 fully saturated rings. The van der Waals surface area contributed by atoms with Gasteiger partial charge in [0.25, 0.3) is 0 Å². The van der Waals surface area contributed by atoms with Gasteiger partial charge in [-0.3, -0.25) is 9.69 Å². The van der Waals surface area contributed by atoms with E-state index in [0.717, 1.165) is 37.3 Å². The lowest BCUT2D eigenvalue weighted by molar-refractivity contribution is -0.136. The van der Waals surface area contributed by atoms with Gasteiger partial charge in [-0.1, -0.05) is 30.3 Å². The van der Waals surface area contributed by atoms with Crippen molar-refractivity contribution in [1.29, 1.82) is 0 Å². The molecule has 2 N–H and O–H groups in total. The van der Waals surface area contributed by atoms with Gasteiger partial charge in [0.15, 0.2) is 5.76 Å². The van der Waals surface area contributed by atoms with E-state index in [-0.39, 0.29) is 36.6 Å². The molecule has 166 valence electrons. The molecule has 3 heterocycles. The number of hydrogen-bond acceptors (Lipinski definition) is 6. The zero-order valence-electron chi connectivity index (χ0n) is 16.9. The summed E-state index contributed by atoms with van der Waals surface area (Å²) in [4.78, 5) is 21.3. The number of carbonyl (C=O) groups excluding carboxylic acids is 1. The highest BCUT2D eigenvalue weighted by molar-refractivity contribution is 5.85. The van der Waals surface area contributed by atoms with E-state index in [1.165, 1.54) is 0 Å². The smallest absolute Gasteiger partial charge is 0.239 e. The average molecular weight is 457 g/mol. The maximum Gasteiger partial charge on any atom is 0.239 e. The Bertz CT molecular complexity index is 776. The zero-order chi connectivity index (χ0) is 19.3. The molecule has 7 nitrogen and oxygen atoms in total. The molecule has 2 aromatic rings. The normalized spacial score (nSPS) is 18.9. The van der Waals surface area contributed by atoms with E-state index in [0.29, 0.717) is 38.7 Å². The molecule has 9 heteroatoms. The highest BCUT2D eigenvalue weighted by atomic mass is 35.5. The van der Waals surface area contributed by atoms with Crippen LogP contribution >= 0.6 is 24.8 Å². The number of rotatable bonds is 5. The first-order chi connectivity index (χ1) is 13.7. The predicted octanol–water partition coefficient (Wildman–Crippen LogP) is 2.58. The Kier molecular flexibility index (Phi) is 9.58. The van der Waals surface area contributed by atoms with Crippen molar-refractivity contribution in [3.63, 3.8) is 0 Å². The third kappa shape index (κ3) is 5.95. The number of oxazole rings is 1. The van der Waals surface area contributed by atoms with Crippen molar-refractivity contribution >= 4 is 30.7 Å². The molecule has 1 atom stereocenters. The minimum absolute atomic E-state index is 0. The third-order valence-electron chi connectivity index (χ3n) is 5.71. The van der Waals surface area contributed by atoms with Gasteiger partial charge in [-0.15, -0.1) is 24.8 Å². The Labute approximate surface area is 189 Å². The van der Waals surface area contributed by atoms with Crippen LogP contribution in [0.1, 0.15) is 18.7 Å². The van der Waals surface area contributed by atoms with Crippen molar-refractivity contribution in [1.82, 2.24) is 14.8 Å². The van der Waals surface area contributed by atoms with Crippen molar-refractivity contribution in [3.05, 3.63) is 42.4 Å². The quantitative estimate of drug-likeness (QED) is 0.743. The number of halogens is 2. The topological polar surface area (TPSA) is 84.8 Å². The van der Waals surface area contributed by atoms with E-state index in [9.17, 15) is 4.79 Å².